The van der Waals surface area contributed by atoms with E-state index in [1.54, 1.807) is 0 Å². The summed E-state index contributed by atoms with van der Waals surface area (Å²) in [5.41, 5.74) is 0.851. The van der Waals surface area contributed by atoms with Crippen LogP contribution in [-0.2, 0) is 25.3 Å². The van der Waals surface area contributed by atoms with E-state index in [-0.39, 0.29) is 23.6 Å². The van der Waals surface area contributed by atoms with Gasteiger partial charge in [-0.1, -0.05) is 35.3 Å². The van der Waals surface area contributed by atoms with Gasteiger partial charge in [0.15, 0.2) is 6.61 Å². The maximum atomic E-state index is 13.0. The molecule has 0 radical (unpaired) electrons. The van der Waals surface area contributed by atoms with Gasteiger partial charge >= 0.3 is 12.1 Å². The lowest BCUT2D eigenvalue weighted by Gasteiger charge is -2.18. The minimum Gasteiger partial charge on any atom is -0.455 e. The third-order valence-corrected chi connectivity index (χ3v) is 5.27. The van der Waals surface area contributed by atoms with E-state index in [2.05, 4.69) is 5.43 Å². The van der Waals surface area contributed by atoms with E-state index in [9.17, 15) is 32.3 Å². The quantitative estimate of drug-likeness (QED) is 0.568. The van der Waals surface area contributed by atoms with E-state index < -0.39 is 53.6 Å². The lowest BCUT2D eigenvalue weighted by atomic mass is 10.1. The Morgan fingerprint density at radius 1 is 1.12 bits per heavy atom. The third-order valence-electron chi connectivity index (χ3n) is 4.72. The summed E-state index contributed by atoms with van der Waals surface area (Å²) in [5, 5.41) is 3.33. The van der Waals surface area contributed by atoms with Crippen molar-refractivity contribution in [2.75, 3.05) is 18.5 Å². The van der Waals surface area contributed by atoms with Crippen LogP contribution in [0.25, 0.3) is 0 Å². The van der Waals surface area contributed by atoms with Gasteiger partial charge in [-0.15, -0.1) is 0 Å². The zero-order valence-corrected chi connectivity index (χ0v) is 18.6. The van der Waals surface area contributed by atoms with Gasteiger partial charge in [-0.25, -0.2) is 0 Å². The number of benzene rings is 2. The second kappa shape index (κ2) is 10.3. The zero-order chi connectivity index (χ0) is 25.0. The van der Waals surface area contributed by atoms with E-state index >= 15 is 0 Å². The first-order chi connectivity index (χ1) is 16.0. The van der Waals surface area contributed by atoms with Crippen LogP contribution < -0.4 is 10.7 Å². The Kier molecular flexibility index (Phi) is 7.68. The predicted molar refractivity (Wildman–Crippen MR) is 115 cm³/mol. The van der Waals surface area contributed by atoms with Gasteiger partial charge in [0.2, 0.25) is 5.91 Å². The molecule has 0 spiro atoms. The molecule has 0 unspecified atom stereocenters. The second-order valence-corrected chi connectivity index (χ2v) is 8.01. The Labute approximate surface area is 200 Å². The van der Waals surface area contributed by atoms with Crippen molar-refractivity contribution in [1.29, 1.82) is 0 Å². The number of esters is 1. The smallest absolute Gasteiger partial charge is 0.418 e. The number of anilines is 1. The number of carbonyl (C=O) groups is 4. The van der Waals surface area contributed by atoms with Crippen LogP contribution in [0.15, 0.2) is 42.5 Å². The number of amides is 3. The van der Waals surface area contributed by atoms with E-state index in [0.29, 0.717) is 5.02 Å². The number of carbonyl (C=O) groups excluding carboxylic acids is 4. The van der Waals surface area contributed by atoms with Crippen molar-refractivity contribution in [3.05, 3.63) is 63.6 Å². The Morgan fingerprint density at radius 2 is 1.82 bits per heavy atom. The molecule has 2 aromatic carbocycles. The summed E-state index contributed by atoms with van der Waals surface area (Å²) in [6.07, 6.45) is -4.99. The highest BCUT2D eigenvalue weighted by Gasteiger charge is 2.37. The molecule has 180 valence electrons. The molecule has 2 aromatic rings. The van der Waals surface area contributed by atoms with E-state index in [4.69, 9.17) is 27.9 Å². The Bertz CT molecular complexity index is 1140. The number of nitrogens with zero attached hydrogens (tertiary/aromatic N) is 1. The van der Waals surface area contributed by atoms with Gasteiger partial charge in [0.25, 0.3) is 11.8 Å². The first kappa shape index (κ1) is 25.3. The number of hydrogen-bond donors (Lipinski definition) is 2. The van der Waals surface area contributed by atoms with Crippen LogP contribution in [0.5, 0.6) is 0 Å². The third kappa shape index (κ3) is 6.17. The second-order valence-electron chi connectivity index (χ2n) is 7.17. The summed E-state index contributed by atoms with van der Waals surface area (Å²) in [6, 6.07) is 8.48. The number of para-hydroxylation sites is 1. The monoisotopic (exact) mass is 517 g/mol. The van der Waals surface area contributed by atoms with Crippen molar-refractivity contribution < 1.29 is 37.1 Å². The SMILES string of the molecule is O=C(COC(=O)[C@H]1CC(=O)N(NC(=O)c2ccc(Cl)cc2Cl)C1)Nc1ccccc1C(F)(F)F. The summed E-state index contributed by atoms with van der Waals surface area (Å²) in [5.74, 6) is -4.19. The van der Waals surface area contributed by atoms with E-state index in [1.165, 1.54) is 30.3 Å². The van der Waals surface area contributed by atoms with Crippen molar-refractivity contribution in [2.24, 2.45) is 5.92 Å². The number of nitrogens with one attached hydrogen (secondary N) is 2. The molecule has 3 amide bonds. The molecular formula is C21H16Cl2F3N3O5. The van der Waals surface area contributed by atoms with Crippen LogP contribution >= 0.6 is 23.2 Å². The summed E-state index contributed by atoms with van der Waals surface area (Å²) in [4.78, 5) is 48.8. The molecule has 1 saturated heterocycles. The van der Waals surface area contributed by atoms with Crippen LogP contribution in [0.2, 0.25) is 10.0 Å². The van der Waals surface area contributed by atoms with Gasteiger partial charge in [0, 0.05) is 11.4 Å². The van der Waals surface area contributed by atoms with Crippen molar-refractivity contribution in [3.63, 3.8) is 0 Å². The summed E-state index contributed by atoms with van der Waals surface area (Å²) in [7, 11) is 0. The number of halogens is 5. The first-order valence-corrected chi connectivity index (χ1v) is 10.4. The maximum absolute atomic E-state index is 13.0. The average molecular weight is 518 g/mol. The molecule has 3 rings (SSSR count). The minimum absolute atomic E-state index is 0.0562. The molecule has 1 atom stereocenters. The fourth-order valence-corrected chi connectivity index (χ4v) is 3.60. The van der Waals surface area contributed by atoms with Crippen LogP contribution in [0.1, 0.15) is 22.3 Å². The van der Waals surface area contributed by atoms with Crippen LogP contribution in [0.4, 0.5) is 18.9 Å². The molecule has 0 aromatic heterocycles. The fraction of sp³-hybridized carbons (Fsp3) is 0.238. The van der Waals surface area contributed by atoms with E-state index in [1.807, 2.05) is 5.32 Å². The molecule has 1 heterocycles. The van der Waals surface area contributed by atoms with Gasteiger partial charge < -0.3 is 10.1 Å². The van der Waals surface area contributed by atoms with Crippen molar-refractivity contribution >= 4 is 52.6 Å². The normalized spacial score (nSPS) is 15.7. The van der Waals surface area contributed by atoms with Crippen LogP contribution in [0, 0.1) is 5.92 Å². The fourth-order valence-electron chi connectivity index (χ4n) is 3.11. The Hall–Kier alpha value is -3.31. The van der Waals surface area contributed by atoms with Gasteiger partial charge in [-0.05, 0) is 30.3 Å². The standard InChI is InChI=1S/C21H16Cl2F3N3O5/c22-12-5-6-13(15(23)8-12)19(32)28-29-9-11(7-18(29)31)20(33)34-10-17(30)27-16-4-2-1-3-14(16)21(24,25)26/h1-6,8,11H,7,9-10H2,(H,27,30)(H,28,32)/t11-/m0/s1. The Morgan fingerprint density at radius 3 is 2.50 bits per heavy atom. The molecule has 1 aliphatic rings. The average Bonchev–Trinajstić information content (AvgIpc) is 3.11. The number of hydrazine groups is 1. The van der Waals surface area contributed by atoms with Gasteiger partial charge in [0.1, 0.15) is 0 Å². The molecule has 1 aliphatic heterocycles. The molecule has 2 N–H and O–H groups in total. The predicted octanol–water partition coefficient (Wildman–Crippen LogP) is 3.69. The topological polar surface area (TPSA) is 105 Å². The van der Waals surface area contributed by atoms with Gasteiger partial charge in [-0.3, -0.25) is 29.6 Å². The van der Waals surface area contributed by atoms with Crippen molar-refractivity contribution in [2.45, 2.75) is 12.6 Å². The number of alkyl halides is 3. The Balaban J connectivity index is 1.53. The van der Waals surface area contributed by atoms with Crippen molar-refractivity contribution in [1.82, 2.24) is 10.4 Å². The minimum atomic E-state index is -4.69. The molecule has 0 bridgehead atoms. The van der Waals surface area contributed by atoms with Crippen molar-refractivity contribution in [3.8, 4) is 0 Å². The van der Waals surface area contributed by atoms with Crippen LogP contribution in [0.3, 0.4) is 0 Å². The number of ether oxygens (including phenoxy) is 1. The molecule has 0 saturated carbocycles. The molecule has 34 heavy (non-hydrogen) atoms. The molecule has 1 fully saturated rings. The van der Waals surface area contributed by atoms with Gasteiger partial charge in [0.05, 0.1) is 34.3 Å². The van der Waals surface area contributed by atoms with Crippen LogP contribution in [-0.4, -0.2) is 41.9 Å². The highest BCUT2D eigenvalue weighted by molar-refractivity contribution is 6.36. The molecule has 0 aliphatic carbocycles. The van der Waals surface area contributed by atoms with E-state index in [0.717, 1.165) is 17.1 Å². The van der Waals surface area contributed by atoms with Gasteiger partial charge in [-0.2, -0.15) is 13.2 Å². The number of rotatable bonds is 6. The lowest BCUT2D eigenvalue weighted by molar-refractivity contribution is -0.151. The molecule has 13 heteroatoms. The summed E-state index contributed by atoms with van der Waals surface area (Å²) in [6.45, 7) is -1.09. The maximum Gasteiger partial charge on any atom is 0.418 e. The highest BCUT2D eigenvalue weighted by atomic mass is 35.5. The molecular weight excluding hydrogens is 502 g/mol. The summed E-state index contributed by atoms with van der Waals surface area (Å²) < 4.78 is 43.9. The zero-order valence-electron chi connectivity index (χ0n) is 17.1. The first-order valence-electron chi connectivity index (χ1n) is 9.65. The lowest BCUT2D eigenvalue weighted by Crippen LogP contribution is -2.43. The largest absolute Gasteiger partial charge is 0.455 e. The summed E-state index contributed by atoms with van der Waals surface area (Å²) >= 11 is 11.7. The molecule has 8 nitrogen and oxygen atoms in total. The highest BCUT2D eigenvalue weighted by Crippen LogP contribution is 2.34. The number of hydrogen-bond acceptors (Lipinski definition) is 5.